The third-order valence-electron chi connectivity index (χ3n) is 3.71. The zero-order chi connectivity index (χ0) is 19.2. The number of hydrogen-bond donors (Lipinski definition) is 2. The Morgan fingerprint density at radius 1 is 1.04 bits per heavy atom. The molecule has 1 atom stereocenters. The molecule has 0 saturated carbocycles. The average Bonchev–Trinajstić information content (AvgIpc) is 3.15. The monoisotopic (exact) mass is 382 g/mol. The number of carbonyl (C=O) groups excluding carboxylic acids is 2. The van der Waals surface area contributed by atoms with Crippen molar-refractivity contribution in [3.63, 3.8) is 0 Å². The highest BCUT2D eigenvalue weighted by molar-refractivity contribution is 8.00. The van der Waals surface area contributed by atoms with Crippen LogP contribution in [0.15, 0.2) is 59.8 Å². The number of hydrazine groups is 1. The molecule has 0 radical (unpaired) electrons. The summed E-state index contributed by atoms with van der Waals surface area (Å²) in [6, 6.07) is 16.4. The van der Waals surface area contributed by atoms with E-state index in [1.54, 1.807) is 35.9 Å². The molecule has 8 nitrogen and oxygen atoms in total. The van der Waals surface area contributed by atoms with Gasteiger partial charge in [0.2, 0.25) is 5.16 Å². The molecule has 2 aromatic carbocycles. The largest absolute Gasteiger partial charge is 0.272 e. The Kier molecular flexibility index (Phi) is 5.82. The fraction of sp³-hybridized carbons (Fsp3) is 0.167. The standard InChI is InChI=1S/C18H18N6O2S/c1-12-8-10-15(11-9-12)24-18(21-22-23-24)27-13(2)16(25)19-20-17(26)14-6-4-3-5-7-14/h3-11,13H,1-2H3,(H,19,25)(H,20,26)/t13-/m0/s1. The predicted octanol–water partition coefficient (Wildman–Crippen LogP) is 1.91. The van der Waals surface area contributed by atoms with Crippen molar-refractivity contribution in [1.82, 2.24) is 31.1 Å². The first-order valence-electron chi connectivity index (χ1n) is 8.22. The highest BCUT2D eigenvalue weighted by atomic mass is 32.2. The number of rotatable bonds is 5. The summed E-state index contributed by atoms with van der Waals surface area (Å²) in [7, 11) is 0. The zero-order valence-electron chi connectivity index (χ0n) is 14.8. The second-order valence-corrected chi connectivity index (χ2v) is 7.09. The number of benzene rings is 2. The fourth-order valence-corrected chi connectivity index (χ4v) is 3.00. The van der Waals surface area contributed by atoms with Crippen LogP contribution in [0, 0.1) is 6.92 Å². The van der Waals surface area contributed by atoms with E-state index in [1.807, 2.05) is 37.3 Å². The van der Waals surface area contributed by atoms with Crippen molar-refractivity contribution >= 4 is 23.6 Å². The van der Waals surface area contributed by atoms with Gasteiger partial charge < -0.3 is 0 Å². The van der Waals surface area contributed by atoms with Crippen LogP contribution in [0.4, 0.5) is 0 Å². The van der Waals surface area contributed by atoms with Gasteiger partial charge in [0.1, 0.15) is 0 Å². The number of carbonyl (C=O) groups is 2. The molecule has 0 aliphatic carbocycles. The minimum atomic E-state index is -0.517. The maximum Gasteiger partial charge on any atom is 0.269 e. The van der Waals surface area contributed by atoms with Gasteiger partial charge in [0, 0.05) is 5.56 Å². The number of tetrazole rings is 1. The van der Waals surface area contributed by atoms with E-state index in [9.17, 15) is 9.59 Å². The number of hydrogen-bond acceptors (Lipinski definition) is 6. The van der Waals surface area contributed by atoms with Crippen molar-refractivity contribution in [3.05, 3.63) is 65.7 Å². The molecule has 0 fully saturated rings. The molecular weight excluding hydrogens is 364 g/mol. The molecular formula is C18H18N6O2S. The van der Waals surface area contributed by atoms with Crippen LogP contribution in [-0.4, -0.2) is 37.3 Å². The van der Waals surface area contributed by atoms with Crippen LogP contribution < -0.4 is 10.9 Å². The summed E-state index contributed by atoms with van der Waals surface area (Å²) in [5, 5.41) is 11.6. The molecule has 2 amide bonds. The van der Waals surface area contributed by atoms with Crippen LogP contribution in [0.25, 0.3) is 5.69 Å². The minimum Gasteiger partial charge on any atom is -0.272 e. The van der Waals surface area contributed by atoms with E-state index in [2.05, 4.69) is 26.4 Å². The normalized spacial score (nSPS) is 11.6. The summed E-state index contributed by atoms with van der Waals surface area (Å²) < 4.78 is 1.57. The first kappa shape index (κ1) is 18.6. The van der Waals surface area contributed by atoms with Gasteiger partial charge in [0.15, 0.2) is 0 Å². The number of nitrogens with one attached hydrogen (secondary N) is 2. The Morgan fingerprint density at radius 3 is 2.44 bits per heavy atom. The molecule has 0 aliphatic heterocycles. The lowest BCUT2D eigenvalue weighted by Gasteiger charge is -2.12. The smallest absolute Gasteiger partial charge is 0.269 e. The Labute approximate surface area is 160 Å². The van der Waals surface area contributed by atoms with Gasteiger partial charge in [-0.2, -0.15) is 4.68 Å². The number of thioether (sulfide) groups is 1. The molecule has 3 rings (SSSR count). The Hall–Kier alpha value is -3.20. The highest BCUT2D eigenvalue weighted by Crippen LogP contribution is 2.22. The first-order valence-corrected chi connectivity index (χ1v) is 9.10. The van der Waals surface area contributed by atoms with Crippen molar-refractivity contribution in [2.45, 2.75) is 24.3 Å². The van der Waals surface area contributed by atoms with Gasteiger partial charge >= 0.3 is 0 Å². The van der Waals surface area contributed by atoms with Crippen molar-refractivity contribution in [2.75, 3.05) is 0 Å². The molecule has 0 saturated heterocycles. The van der Waals surface area contributed by atoms with E-state index in [1.165, 1.54) is 11.8 Å². The van der Waals surface area contributed by atoms with E-state index in [0.29, 0.717) is 10.7 Å². The van der Waals surface area contributed by atoms with Crippen LogP contribution in [0.2, 0.25) is 0 Å². The Balaban J connectivity index is 1.60. The molecule has 138 valence electrons. The third-order valence-corrected chi connectivity index (χ3v) is 4.74. The van der Waals surface area contributed by atoms with Gasteiger partial charge in [-0.25, -0.2) is 0 Å². The molecule has 3 aromatic rings. The molecule has 27 heavy (non-hydrogen) atoms. The molecule has 9 heteroatoms. The maximum atomic E-state index is 12.3. The van der Waals surface area contributed by atoms with Crippen LogP contribution in [0.3, 0.4) is 0 Å². The van der Waals surface area contributed by atoms with Gasteiger partial charge in [0.05, 0.1) is 10.9 Å². The summed E-state index contributed by atoms with van der Waals surface area (Å²) in [5.41, 5.74) is 7.22. The number of amides is 2. The highest BCUT2D eigenvalue weighted by Gasteiger charge is 2.20. The lowest BCUT2D eigenvalue weighted by Crippen LogP contribution is -2.44. The second-order valence-electron chi connectivity index (χ2n) is 5.78. The van der Waals surface area contributed by atoms with Crippen LogP contribution in [0.5, 0.6) is 0 Å². The van der Waals surface area contributed by atoms with Crippen LogP contribution >= 0.6 is 11.8 Å². The second kappa shape index (κ2) is 8.45. The van der Waals surface area contributed by atoms with Gasteiger partial charge in [-0.1, -0.05) is 47.7 Å². The summed E-state index contributed by atoms with van der Waals surface area (Å²) in [4.78, 5) is 24.3. The predicted molar refractivity (Wildman–Crippen MR) is 101 cm³/mol. The first-order chi connectivity index (χ1) is 13.0. The van der Waals surface area contributed by atoms with Gasteiger partial charge in [0.25, 0.3) is 11.8 Å². The molecule has 0 spiro atoms. The van der Waals surface area contributed by atoms with E-state index in [0.717, 1.165) is 11.3 Å². The topological polar surface area (TPSA) is 102 Å². The summed E-state index contributed by atoms with van der Waals surface area (Å²) in [5.74, 6) is -0.742. The lowest BCUT2D eigenvalue weighted by molar-refractivity contribution is -0.121. The van der Waals surface area contributed by atoms with Crippen molar-refractivity contribution in [2.24, 2.45) is 0 Å². The molecule has 0 unspecified atom stereocenters. The van der Waals surface area contributed by atoms with E-state index < -0.39 is 5.25 Å². The summed E-state index contributed by atoms with van der Waals surface area (Å²) >= 11 is 1.19. The Morgan fingerprint density at radius 2 is 1.74 bits per heavy atom. The molecule has 0 bridgehead atoms. The van der Waals surface area contributed by atoms with Crippen molar-refractivity contribution in [3.8, 4) is 5.69 Å². The zero-order valence-corrected chi connectivity index (χ0v) is 15.6. The number of aryl methyl sites for hydroxylation is 1. The van der Waals surface area contributed by atoms with E-state index >= 15 is 0 Å². The van der Waals surface area contributed by atoms with E-state index in [-0.39, 0.29) is 11.8 Å². The van der Waals surface area contributed by atoms with Crippen molar-refractivity contribution in [1.29, 1.82) is 0 Å². The summed E-state index contributed by atoms with van der Waals surface area (Å²) in [6.45, 7) is 3.71. The van der Waals surface area contributed by atoms with E-state index in [4.69, 9.17) is 0 Å². The quantitative estimate of drug-likeness (QED) is 0.516. The van der Waals surface area contributed by atoms with Crippen LogP contribution in [-0.2, 0) is 4.79 Å². The fourth-order valence-electron chi connectivity index (χ4n) is 2.19. The minimum absolute atomic E-state index is 0.359. The lowest BCUT2D eigenvalue weighted by atomic mass is 10.2. The van der Waals surface area contributed by atoms with Gasteiger partial charge in [-0.3, -0.25) is 20.4 Å². The average molecular weight is 382 g/mol. The summed E-state index contributed by atoms with van der Waals surface area (Å²) in [6.07, 6.45) is 0. The molecule has 1 heterocycles. The van der Waals surface area contributed by atoms with Gasteiger partial charge in [-0.05, 0) is 48.5 Å². The molecule has 2 N–H and O–H groups in total. The number of aromatic nitrogens is 4. The molecule has 1 aromatic heterocycles. The molecule has 0 aliphatic rings. The Bertz CT molecular complexity index is 927. The van der Waals surface area contributed by atoms with Crippen molar-refractivity contribution < 1.29 is 9.59 Å². The third kappa shape index (κ3) is 4.70. The van der Waals surface area contributed by atoms with Gasteiger partial charge in [-0.15, -0.1) is 5.10 Å². The van der Waals surface area contributed by atoms with Crippen LogP contribution in [0.1, 0.15) is 22.8 Å². The number of nitrogens with zero attached hydrogens (tertiary/aromatic N) is 4. The SMILES string of the molecule is Cc1ccc(-n2nnnc2S[C@@H](C)C(=O)NNC(=O)c2ccccc2)cc1. The maximum absolute atomic E-state index is 12.3.